The molecule has 0 atom stereocenters. The fourth-order valence-corrected chi connectivity index (χ4v) is 6.17. The highest BCUT2D eigenvalue weighted by Crippen LogP contribution is 2.35. The zero-order valence-electron chi connectivity index (χ0n) is 21.9. The van der Waals surface area contributed by atoms with Crippen molar-refractivity contribution in [3.63, 3.8) is 0 Å². The van der Waals surface area contributed by atoms with Crippen LogP contribution in [0.1, 0.15) is 59.5 Å². The second kappa shape index (κ2) is 12.8. The first kappa shape index (κ1) is 28.7. The zero-order valence-corrected chi connectivity index (χ0v) is 24.3. The first-order chi connectivity index (χ1) is 19.8. The number of aromatic nitrogens is 1. The molecular formula is C29H27Cl2N7O2S. The number of hydrogen-bond acceptors (Lipinski definition) is 5. The molecule has 1 aliphatic carbocycles. The Hall–Kier alpha value is -3.86. The van der Waals surface area contributed by atoms with Gasteiger partial charge in [-0.3, -0.25) is 15.0 Å². The molecule has 0 aliphatic heterocycles. The van der Waals surface area contributed by atoms with Gasteiger partial charge in [-0.2, -0.15) is 4.99 Å². The summed E-state index contributed by atoms with van der Waals surface area (Å²) in [5, 5.41) is 7.10. The van der Waals surface area contributed by atoms with Gasteiger partial charge in [0.15, 0.2) is 5.13 Å². The Kier molecular flexibility index (Phi) is 8.92. The third-order valence-corrected chi connectivity index (χ3v) is 8.70. The summed E-state index contributed by atoms with van der Waals surface area (Å²) in [6, 6.07) is 17.9. The predicted octanol–water partition coefficient (Wildman–Crippen LogP) is 8.38. The van der Waals surface area contributed by atoms with E-state index >= 15 is 0 Å². The Morgan fingerprint density at radius 1 is 1.02 bits per heavy atom. The Morgan fingerprint density at radius 2 is 1.71 bits per heavy atom. The lowest BCUT2D eigenvalue weighted by Crippen LogP contribution is -2.34. The van der Waals surface area contributed by atoms with Gasteiger partial charge < -0.3 is 5.73 Å². The average molecular weight is 609 g/mol. The maximum absolute atomic E-state index is 13.7. The van der Waals surface area contributed by atoms with E-state index in [0.717, 1.165) is 16.0 Å². The second-order valence-electron chi connectivity index (χ2n) is 9.78. The van der Waals surface area contributed by atoms with E-state index in [0.29, 0.717) is 32.2 Å². The summed E-state index contributed by atoms with van der Waals surface area (Å²) in [6.07, 6.45) is 6.15. The molecule has 4 N–H and O–H groups in total. The molecule has 3 amide bonds. The molecular weight excluding hydrogens is 581 g/mol. The van der Waals surface area contributed by atoms with Gasteiger partial charge in [0.1, 0.15) is 0 Å². The first-order valence-electron chi connectivity index (χ1n) is 13.1. The number of carbonyl (C=O) groups is 2. The van der Waals surface area contributed by atoms with E-state index in [4.69, 9.17) is 34.5 Å². The van der Waals surface area contributed by atoms with E-state index in [2.05, 4.69) is 32.5 Å². The number of rotatable bonds is 6. The summed E-state index contributed by atoms with van der Waals surface area (Å²) in [5.41, 5.74) is 16.0. The minimum atomic E-state index is -0.603. The van der Waals surface area contributed by atoms with Gasteiger partial charge in [0.25, 0.3) is 5.91 Å². The second-order valence-corrected chi connectivity index (χ2v) is 11.6. The molecule has 1 heterocycles. The van der Waals surface area contributed by atoms with Crippen LogP contribution in [-0.2, 0) is 6.54 Å². The molecule has 0 saturated heterocycles. The Bertz CT molecular complexity index is 1580. The molecule has 0 spiro atoms. The third-order valence-electron chi connectivity index (χ3n) is 7.04. The maximum Gasteiger partial charge on any atom is 0.328 e. The maximum atomic E-state index is 13.7. The van der Waals surface area contributed by atoms with E-state index in [1.807, 2.05) is 12.1 Å². The van der Waals surface area contributed by atoms with Gasteiger partial charge >= 0.3 is 6.03 Å². The van der Waals surface area contributed by atoms with Crippen molar-refractivity contribution in [2.24, 2.45) is 15.8 Å². The summed E-state index contributed by atoms with van der Waals surface area (Å²) in [4.78, 5) is 35.6. The highest BCUT2D eigenvalue weighted by Gasteiger charge is 2.21. The van der Waals surface area contributed by atoms with Crippen molar-refractivity contribution in [2.45, 2.75) is 44.6 Å². The number of hydrogen-bond donors (Lipinski definition) is 3. The highest BCUT2D eigenvalue weighted by molar-refractivity contribution is 7.22. The summed E-state index contributed by atoms with van der Waals surface area (Å²) in [6.45, 7) is 0.235. The summed E-state index contributed by atoms with van der Waals surface area (Å²) in [5.74, 6) is -0.474. The van der Waals surface area contributed by atoms with Crippen molar-refractivity contribution in [2.75, 3.05) is 10.2 Å². The molecule has 9 nitrogen and oxygen atoms in total. The smallest absolute Gasteiger partial charge is 0.328 e. The number of urea groups is 1. The number of nitrogens with one attached hydrogen (secondary N) is 2. The number of fused-ring (bicyclic) bond motifs is 1. The Morgan fingerprint density at radius 3 is 2.39 bits per heavy atom. The standard InChI is InChI=1S/C29H27Cl2N7O2S/c30-22-14-24-25(15-23(22)31)41-28(34-24)36-29(40)38(21-12-10-19(11-13-21)18-4-2-1-3-5-18)16-17-6-8-20(9-7-17)26(39)35-27(32)37-33/h6-15,18,33H,1-5,16H2,(H2,32,35,39)(H,34,36,40). The van der Waals surface area contributed by atoms with Gasteiger partial charge in [-0.25, -0.2) is 15.3 Å². The average Bonchev–Trinajstić information content (AvgIpc) is 3.37. The SMILES string of the molecule is N=NC(N)=NC(=O)c1ccc(CN(C(=O)Nc2nc3cc(Cl)c(Cl)cc3s2)c2ccc(C3CCCCC3)cc2)cc1. The van der Waals surface area contributed by atoms with E-state index < -0.39 is 11.9 Å². The van der Waals surface area contributed by atoms with Crippen LogP contribution in [0.3, 0.4) is 0 Å². The van der Waals surface area contributed by atoms with Gasteiger partial charge in [-0.15, -0.1) is 5.11 Å². The lowest BCUT2D eigenvalue weighted by molar-refractivity contribution is 0.100. The predicted molar refractivity (Wildman–Crippen MR) is 165 cm³/mol. The van der Waals surface area contributed by atoms with Crippen molar-refractivity contribution >= 4 is 73.5 Å². The van der Waals surface area contributed by atoms with Crippen molar-refractivity contribution in [3.05, 3.63) is 87.4 Å². The number of thiazole rings is 1. The van der Waals surface area contributed by atoms with E-state index in [1.54, 1.807) is 41.3 Å². The van der Waals surface area contributed by atoms with Gasteiger partial charge in [0, 0.05) is 11.3 Å². The Balaban J connectivity index is 1.40. The van der Waals surface area contributed by atoms with Gasteiger partial charge in [0.2, 0.25) is 5.96 Å². The third kappa shape index (κ3) is 6.90. The molecule has 0 bridgehead atoms. The summed E-state index contributed by atoms with van der Waals surface area (Å²) < 4.78 is 0.805. The molecule has 4 aromatic rings. The molecule has 41 heavy (non-hydrogen) atoms. The van der Waals surface area contributed by atoms with Crippen molar-refractivity contribution < 1.29 is 9.59 Å². The minimum absolute atomic E-state index is 0.235. The van der Waals surface area contributed by atoms with Gasteiger partial charge in [0.05, 0.1) is 26.8 Å². The molecule has 0 radical (unpaired) electrons. The van der Waals surface area contributed by atoms with Crippen molar-refractivity contribution in [1.82, 2.24) is 4.98 Å². The topological polar surface area (TPSA) is 137 Å². The fraction of sp³-hybridized carbons (Fsp3) is 0.241. The van der Waals surface area contributed by atoms with Crippen LogP contribution in [0.4, 0.5) is 15.6 Å². The number of guanidine groups is 1. The highest BCUT2D eigenvalue weighted by atomic mass is 35.5. The number of carbonyl (C=O) groups excluding carboxylic acids is 2. The number of nitrogens with zero attached hydrogens (tertiary/aromatic N) is 4. The largest absolute Gasteiger partial charge is 0.366 e. The molecule has 0 unspecified atom stereocenters. The lowest BCUT2D eigenvalue weighted by atomic mass is 9.84. The number of benzene rings is 3. The van der Waals surface area contributed by atoms with E-state index in [1.165, 1.54) is 49.0 Å². The number of nitrogens with two attached hydrogens (primary N) is 1. The summed E-state index contributed by atoms with van der Waals surface area (Å²) in [7, 11) is 0. The van der Waals surface area contributed by atoms with Crippen LogP contribution >= 0.6 is 34.5 Å². The van der Waals surface area contributed by atoms with Crippen LogP contribution in [0.2, 0.25) is 10.0 Å². The molecule has 1 aromatic heterocycles. The number of halogens is 2. The summed E-state index contributed by atoms with van der Waals surface area (Å²) >= 11 is 13.6. The van der Waals surface area contributed by atoms with E-state index in [-0.39, 0.29) is 12.6 Å². The molecule has 5 rings (SSSR count). The molecule has 210 valence electrons. The van der Waals surface area contributed by atoms with Crippen molar-refractivity contribution in [1.29, 1.82) is 5.53 Å². The molecule has 1 fully saturated rings. The van der Waals surface area contributed by atoms with Gasteiger partial charge in [-0.05, 0) is 66.3 Å². The Labute approximate surface area is 250 Å². The number of amides is 3. The molecule has 3 aromatic carbocycles. The van der Waals surface area contributed by atoms with Crippen LogP contribution in [0.5, 0.6) is 0 Å². The monoisotopic (exact) mass is 607 g/mol. The van der Waals surface area contributed by atoms with Crippen LogP contribution in [0, 0.1) is 5.53 Å². The minimum Gasteiger partial charge on any atom is -0.366 e. The van der Waals surface area contributed by atoms with E-state index in [9.17, 15) is 9.59 Å². The number of anilines is 2. The number of aliphatic imine (C=N–C) groups is 1. The fourth-order valence-electron chi connectivity index (χ4n) is 4.91. The first-order valence-corrected chi connectivity index (χ1v) is 14.7. The quantitative estimate of drug-likeness (QED) is 0.115. The lowest BCUT2D eigenvalue weighted by Gasteiger charge is -2.25. The van der Waals surface area contributed by atoms with Crippen LogP contribution in [0.25, 0.3) is 10.2 Å². The molecule has 1 saturated carbocycles. The normalized spacial score (nSPS) is 14.1. The zero-order chi connectivity index (χ0) is 28.9. The van der Waals surface area contributed by atoms with Crippen LogP contribution in [0.15, 0.2) is 70.8 Å². The van der Waals surface area contributed by atoms with Crippen molar-refractivity contribution in [3.8, 4) is 0 Å². The van der Waals surface area contributed by atoms with Gasteiger partial charge in [-0.1, -0.05) is 78.1 Å². The van der Waals surface area contributed by atoms with Crippen LogP contribution in [-0.4, -0.2) is 22.9 Å². The molecule has 12 heteroatoms. The molecule has 1 aliphatic rings. The van der Waals surface area contributed by atoms with Crippen LogP contribution < -0.4 is 16.0 Å².